The van der Waals surface area contributed by atoms with Crippen molar-refractivity contribution in [1.82, 2.24) is 4.90 Å². The lowest BCUT2D eigenvalue weighted by atomic mass is 10.3. The maximum absolute atomic E-state index is 11.9. The molecule has 0 saturated carbocycles. The van der Waals surface area contributed by atoms with E-state index in [1.807, 2.05) is 0 Å². The van der Waals surface area contributed by atoms with E-state index >= 15 is 0 Å². The van der Waals surface area contributed by atoms with Crippen LogP contribution in [0.1, 0.15) is 6.42 Å². The second-order valence-electron chi connectivity index (χ2n) is 4.23. The molecule has 0 bridgehead atoms. The van der Waals surface area contributed by atoms with Crippen molar-refractivity contribution >= 4 is 11.9 Å². The van der Waals surface area contributed by atoms with Crippen molar-refractivity contribution in [3.05, 3.63) is 36.9 Å². The topological polar surface area (TPSA) is 76.1 Å². The summed E-state index contributed by atoms with van der Waals surface area (Å²) in [5.41, 5.74) is 0. The van der Waals surface area contributed by atoms with Crippen molar-refractivity contribution in [2.24, 2.45) is 0 Å². The zero-order valence-electron chi connectivity index (χ0n) is 11.9. The molecule has 6 heteroatoms. The van der Waals surface area contributed by atoms with Crippen LogP contribution >= 0.6 is 0 Å². The molecule has 1 aromatic rings. The Hall–Kier alpha value is -2.50. The number of rotatable bonds is 9. The fraction of sp³-hybridized carbons (Fsp3) is 0.333. The third kappa shape index (κ3) is 5.99. The summed E-state index contributed by atoms with van der Waals surface area (Å²) in [7, 11) is 1.57. The molecule has 0 fully saturated rings. The highest BCUT2D eigenvalue weighted by Gasteiger charge is 2.15. The summed E-state index contributed by atoms with van der Waals surface area (Å²) >= 11 is 0. The molecule has 0 unspecified atom stereocenters. The van der Waals surface area contributed by atoms with E-state index in [1.54, 1.807) is 31.4 Å². The van der Waals surface area contributed by atoms with E-state index in [9.17, 15) is 9.59 Å². The Balaban J connectivity index is 2.43. The molecule has 1 aromatic carbocycles. The number of hydrogen-bond acceptors (Lipinski definition) is 4. The molecule has 114 valence electrons. The highest BCUT2D eigenvalue weighted by molar-refractivity contribution is 5.81. The lowest BCUT2D eigenvalue weighted by Gasteiger charge is -2.18. The molecule has 0 aliphatic heterocycles. The van der Waals surface area contributed by atoms with Crippen LogP contribution in [-0.4, -0.2) is 48.7 Å². The molecule has 0 aromatic heterocycles. The smallest absolute Gasteiger partial charge is 0.323 e. The van der Waals surface area contributed by atoms with Crippen LogP contribution in [0.5, 0.6) is 11.5 Å². The summed E-state index contributed by atoms with van der Waals surface area (Å²) in [4.78, 5) is 23.8. The molecule has 0 spiro atoms. The normalized spacial score (nSPS) is 9.76. The van der Waals surface area contributed by atoms with Crippen LogP contribution < -0.4 is 9.47 Å². The van der Waals surface area contributed by atoms with Gasteiger partial charge < -0.3 is 19.5 Å². The van der Waals surface area contributed by atoms with Crippen LogP contribution in [0.3, 0.4) is 0 Å². The minimum absolute atomic E-state index is 0.104. The Morgan fingerprint density at radius 3 is 2.43 bits per heavy atom. The number of benzene rings is 1. The van der Waals surface area contributed by atoms with E-state index in [-0.39, 0.29) is 32.0 Å². The number of carboxylic acids is 1. The Bertz CT molecular complexity index is 483. The zero-order chi connectivity index (χ0) is 15.7. The molecule has 6 nitrogen and oxygen atoms in total. The van der Waals surface area contributed by atoms with Gasteiger partial charge in [-0.15, -0.1) is 6.58 Å². The quantitative estimate of drug-likeness (QED) is 0.699. The van der Waals surface area contributed by atoms with Crippen LogP contribution in [-0.2, 0) is 9.59 Å². The fourth-order valence-electron chi connectivity index (χ4n) is 1.66. The number of carbonyl (C=O) groups is 2. The van der Waals surface area contributed by atoms with Gasteiger partial charge in [-0.1, -0.05) is 6.08 Å². The van der Waals surface area contributed by atoms with Gasteiger partial charge in [0.15, 0.2) is 0 Å². The van der Waals surface area contributed by atoms with E-state index in [1.165, 1.54) is 11.0 Å². The van der Waals surface area contributed by atoms with Crippen molar-refractivity contribution in [2.75, 3.05) is 26.8 Å². The maximum atomic E-state index is 11.9. The second-order valence-corrected chi connectivity index (χ2v) is 4.23. The highest BCUT2D eigenvalue weighted by Crippen LogP contribution is 2.17. The average Bonchev–Trinajstić information content (AvgIpc) is 2.47. The first-order valence-electron chi connectivity index (χ1n) is 6.44. The number of amides is 1. The Labute approximate surface area is 123 Å². The van der Waals surface area contributed by atoms with E-state index < -0.39 is 5.97 Å². The second kappa shape index (κ2) is 8.63. The first-order chi connectivity index (χ1) is 10.1. The van der Waals surface area contributed by atoms with E-state index in [0.717, 1.165) is 5.75 Å². The van der Waals surface area contributed by atoms with Crippen molar-refractivity contribution in [2.45, 2.75) is 6.42 Å². The van der Waals surface area contributed by atoms with Crippen molar-refractivity contribution < 1.29 is 24.2 Å². The molecule has 21 heavy (non-hydrogen) atoms. The van der Waals surface area contributed by atoms with Gasteiger partial charge in [0.2, 0.25) is 5.91 Å². The number of carboxylic acid groups (broad SMARTS) is 1. The van der Waals surface area contributed by atoms with E-state index in [4.69, 9.17) is 14.6 Å². The molecule has 0 atom stereocenters. The molecule has 1 amide bonds. The fourth-order valence-corrected chi connectivity index (χ4v) is 1.66. The predicted molar refractivity (Wildman–Crippen MR) is 77.5 cm³/mol. The molecule has 0 heterocycles. The lowest BCUT2D eigenvalue weighted by molar-refractivity contribution is -0.144. The van der Waals surface area contributed by atoms with Gasteiger partial charge in [0.05, 0.1) is 20.1 Å². The number of carbonyl (C=O) groups excluding carboxylic acids is 1. The summed E-state index contributed by atoms with van der Waals surface area (Å²) in [6.07, 6.45) is 1.60. The van der Waals surface area contributed by atoms with Crippen LogP contribution in [0.25, 0.3) is 0 Å². The van der Waals surface area contributed by atoms with Crippen LogP contribution in [0.2, 0.25) is 0 Å². The van der Waals surface area contributed by atoms with Crippen molar-refractivity contribution in [3.8, 4) is 11.5 Å². The summed E-state index contributed by atoms with van der Waals surface area (Å²) in [5.74, 6) is 0.00114. The average molecular weight is 293 g/mol. The SMILES string of the molecule is C=CCN(CC(=O)O)C(=O)CCOc1ccc(OC)cc1. The lowest BCUT2D eigenvalue weighted by Crippen LogP contribution is -2.36. The number of methoxy groups -OCH3 is 1. The molecular formula is C15H19NO5. The summed E-state index contributed by atoms with van der Waals surface area (Å²) in [6.45, 7) is 3.55. The Morgan fingerprint density at radius 2 is 1.90 bits per heavy atom. The van der Waals surface area contributed by atoms with Gasteiger partial charge >= 0.3 is 5.97 Å². The molecule has 0 radical (unpaired) electrons. The molecule has 0 aliphatic rings. The standard InChI is InChI=1S/C15H19NO5/c1-3-9-16(11-15(18)19)14(17)8-10-21-13-6-4-12(20-2)5-7-13/h3-7H,1,8-11H2,2H3,(H,18,19). The summed E-state index contributed by atoms with van der Waals surface area (Å²) < 4.78 is 10.5. The highest BCUT2D eigenvalue weighted by atomic mass is 16.5. The largest absolute Gasteiger partial charge is 0.497 e. The third-order valence-electron chi connectivity index (χ3n) is 2.67. The van der Waals surface area contributed by atoms with E-state index in [2.05, 4.69) is 6.58 Å². The maximum Gasteiger partial charge on any atom is 0.323 e. The van der Waals surface area contributed by atoms with Gasteiger partial charge in [-0.2, -0.15) is 0 Å². The summed E-state index contributed by atoms with van der Waals surface area (Å²) in [5, 5.41) is 8.74. The van der Waals surface area contributed by atoms with Gasteiger partial charge in [0.25, 0.3) is 0 Å². The van der Waals surface area contributed by atoms with Crippen molar-refractivity contribution in [3.63, 3.8) is 0 Å². The van der Waals surface area contributed by atoms with Crippen LogP contribution in [0, 0.1) is 0 Å². The van der Waals surface area contributed by atoms with Gasteiger partial charge in [-0.05, 0) is 24.3 Å². The summed E-state index contributed by atoms with van der Waals surface area (Å²) in [6, 6.07) is 6.99. The molecular weight excluding hydrogens is 274 g/mol. The van der Waals surface area contributed by atoms with Gasteiger partial charge in [0.1, 0.15) is 18.0 Å². The van der Waals surface area contributed by atoms with Crippen LogP contribution in [0.4, 0.5) is 0 Å². The van der Waals surface area contributed by atoms with Gasteiger partial charge in [-0.25, -0.2) is 0 Å². The minimum atomic E-state index is -1.05. The minimum Gasteiger partial charge on any atom is -0.497 e. The number of hydrogen-bond donors (Lipinski definition) is 1. The third-order valence-corrected chi connectivity index (χ3v) is 2.67. The Kier molecular flexibility index (Phi) is 6.80. The first-order valence-corrected chi connectivity index (χ1v) is 6.44. The molecule has 0 aliphatic carbocycles. The number of ether oxygens (including phenoxy) is 2. The first kappa shape index (κ1) is 16.6. The van der Waals surface area contributed by atoms with Crippen LogP contribution in [0.15, 0.2) is 36.9 Å². The Morgan fingerprint density at radius 1 is 1.29 bits per heavy atom. The monoisotopic (exact) mass is 293 g/mol. The molecule has 1 N–H and O–H groups in total. The number of aliphatic carboxylic acids is 1. The molecule has 1 rings (SSSR count). The number of nitrogens with zero attached hydrogens (tertiary/aromatic N) is 1. The van der Waals surface area contributed by atoms with Gasteiger partial charge in [0, 0.05) is 6.54 Å². The predicted octanol–water partition coefficient (Wildman–Crippen LogP) is 1.56. The zero-order valence-corrected chi connectivity index (χ0v) is 11.9. The van der Waals surface area contributed by atoms with E-state index in [0.29, 0.717) is 5.75 Å². The molecule has 0 saturated heterocycles. The van der Waals surface area contributed by atoms with Gasteiger partial charge in [-0.3, -0.25) is 9.59 Å². The van der Waals surface area contributed by atoms with Crippen molar-refractivity contribution in [1.29, 1.82) is 0 Å².